The standard InChI is InChI=1S/C24H21N3O2/c1-26(16-18-10-4-2-5-11-18)22-21(19-12-6-3-7-13-19)23(28)27(24(22)29)17-20-14-8-9-15-25-20/h2-15H,16-17H2,1H3. The molecule has 0 aliphatic carbocycles. The van der Waals surface area contributed by atoms with Gasteiger partial charge in [0.05, 0.1) is 17.8 Å². The van der Waals surface area contributed by atoms with Gasteiger partial charge in [0.25, 0.3) is 11.8 Å². The largest absolute Gasteiger partial charge is 0.365 e. The molecule has 0 spiro atoms. The van der Waals surface area contributed by atoms with Gasteiger partial charge in [-0.1, -0.05) is 66.7 Å². The Morgan fingerprint density at radius 1 is 0.828 bits per heavy atom. The smallest absolute Gasteiger partial charge is 0.278 e. The van der Waals surface area contributed by atoms with Gasteiger partial charge in [-0.25, -0.2) is 0 Å². The van der Waals surface area contributed by atoms with Crippen molar-refractivity contribution in [1.29, 1.82) is 0 Å². The molecule has 2 amide bonds. The number of pyridine rings is 1. The molecule has 0 bridgehead atoms. The summed E-state index contributed by atoms with van der Waals surface area (Å²) < 4.78 is 0. The van der Waals surface area contributed by atoms with E-state index < -0.39 is 0 Å². The minimum Gasteiger partial charge on any atom is -0.365 e. The number of aromatic nitrogens is 1. The van der Waals surface area contributed by atoms with E-state index in [9.17, 15) is 9.59 Å². The Labute approximate surface area is 169 Å². The molecule has 144 valence electrons. The van der Waals surface area contributed by atoms with E-state index in [0.29, 0.717) is 23.5 Å². The number of imide groups is 1. The summed E-state index contributed by atoms with van der Waals surface area (Å²) >= 11 is 0. The topological polar surface area (TPSA) is 53.5 Å². The summed E-state index contributed by atoms with van der Waals surface area (Å²) in [6.45, 7) is 0.681. The number of rotatable bonds is 6. The van der Waals surface area contributed by atoms with Crippen molar-refractivity contribution in [2.24, 2.45) is 0 Å². The Morgan fingerprint density at radius 2 is 1.48 bits per heavy atom. The summed E-state index contributed by atoms with van der Waals surface area (Å²) in [6, 6.07) is 24.7. The number of benzene rings is 2. The van der Waals surface area contributed by atoms with Gasteiger partial charge in [0.2, 0.25) is 0 Å². The van der Waals surface area contributed by atoms with Gasteiger partial charge in [0, 0.05) is 19.8 Å². The first-order chi connectivity index (χ1) is 14.1. The highest BCUT2D eigenvalue weighted by molar-refractivity contribution is 6.35. The van der Waals surface area contributed by atoms with Crippen LogP contribution in [0.25, 0.3) is 5.57 Å². The Hall–Kier alpha value is -3.73. The van der Waals surface area contributed by atoms with E-state index >= 15 is 0 Å². The maximum Gasteiger partial charge on any atom is 0.278 e. The fourth-order valence-corrected chi connectivity index (χ4v) is 3.52. The summed E-state index contributed by atoms with van der Waals surface area (Å²) in [5.41, 5.74) is 3.34. The second-order valence-corrected chi connectivity index (χ2v) is 6.95. The molecule has 2 heterocycles. The summed E-state index contributed by atoms with van der Waals surface area (Å²) in [6.07, 6.45) is 1.66. The molecule has 1 aliphatic heterocycles. The number of likely N-dealkylation sites (N-methyl/N-ethyl adjacent to an activating group) is 1. The minimum absolute atomic E-state index is 0.150. The van der Waals surface area contributed by atoms with Crippen LogP contribution in [0.3, 0.4) is 0 Å². The number of hydrogen-bond donors (Lipinski definition) is 0. The second kappa shape index (κ2) is 8.10. The van der Waals surface area contributed by atoms with Crippen molar-refractivity contribution in [3.8, 4) is 0 Å². The molecule has 4 rings (SSSR count). The lowest BCUT2D eigenvalue weighted by Crippen LogP contribution is -2.33. The quantitative estimate of drug-likeness (QED) is 0.612. The van der Waals surface area contributed by atoms with Gasteiger partial charge in [-0.3, -0.25) is 19.5 Å². The van der Waals surface area contributed by atoms with Gasteiger partial charge in [-0.15, -0.1) is 0 Å². The van der Waals surface area contributed by atoms with Crippen molar-refractivity contribution in [3.05, 3.63) is 108 Å². The zero-order valence-electron chi connectivity index (χ0n) is 16.2. The van der Waals surface area contributed by atoms with E-state index in [1.165, 1.54) is 4.90 Å². The molecule has 3 aromatic rings. The van der Waals surface area contributed by atoms with Crippen LogP contribution in [-0.4, -0.2) is 33.6 Å². The molecule has 5 nitrogen and oxygen atoms in total. The lowest BCUT2D eigenvalue weighted by atomic mass is 10.0. The maximum absolute atomic E-state index is 13.3. The van der Waals surface area contributed by atoms with E-state index in [-0.39, 0.29) is 18.4 Å². The molecule has 0 unspecified atom stereocenters. The lowest BCUT2D eigenvalue weighted by Gasteiger charge is -2.21. The monoisotopic (exact) mass is 383 g/mol. The van der Waals surface area contributed by atoms with E-state index in [4.69, 9.17) is 0 Å². The number of carbonyl (C=O) groups is 2. The highest BCUT2D eigenvalue weighted by atomic mass is 16.2. The van der Waals surface area contributed by atoms with Crippen LogP contribution in [0.2, 0.25) is 0 Å². The van der Waals surface area contributed by atoms with Crippen LogP contribution in [-0.2, 0) is 22.7 Å². The zero-order chi connectivity index (χ0) is 20.2. The second-order valence-electron chi connectivity index (χ2n) is 6.95. The first kappa shape index (κ1) is 18.6. The first-order valence-corrected chi connectivity index (χ1v) is 9.46. The van der Waals surface area contributed by atoms with Crippen molar-refractivity contribution in [3.63, 3.8) is 0 Å². The van der Waals surface area contributed by atoms with Crippen LogP contribution in [0, 0.1) is 0 Å². The van der Waals surface area contributed by atoms with Gasteiger partial charge in [0.15, 0.2) is 0 Å². The fourth-order valence-electron chi connectivity index (χ4n) is 3.52. The highest BCUT2D eigenvalue weighted by Crippen LogP contribution is 2.32. The van der Waals surface area contributed by atoms with Crippen molar-refractivity contribution < 1.29 is 9.59 Å². The van der Waals surface area contributed by atoms with Crippen LogP contribution >= 0.6 is 0 Å². The number of carbonyl (C=O) groups excluding carboxylic acids is 2. The molecule has 0 atom stereocenters. The van der Waals surface area contributed by atoms with Crippen LogP contribution in [0.5, 0.6) is 0 Å². The predicted octanol–water partition coefficient (Wildman–Crippen LogP) is 3.49. The molecular weight excluding hydrogens is 362 g/mol. The third kappa shape index (κ3) is 3.80. The van der Waals surface area contributed by atoms with E-state index in [1.807, 2.05) is 90.8 Å². The van der Waals surface area contributed by atoms with E-state index in [1.54, 1.807) is 6.20 Å². The molecule has 29 heavy (non-hydrogen) atoms. The van der Waals surface area contributed by atoms with Crippen LogP contribution < -0.4 is 0 Å². The minimum atomic E-state index is -0.294. The highest BCUT2D eigenvalue weighted by Gasteiger charge is 2.40. The molecule has 2 aromatic carbocycles. The van der Waals surface area contributed by atoms with Crippen molar-refractivity contribution in [2.45, 2.75) is 13.1 Å². The normalized spacial score (nSPS) is 13.9. The Bertz CT molecular complexity index is 1050. The van der Waals surface area contributed by atoms with Gasteiger partial charge in [-0.05, 0) is 23.3 Å². The molecule has 1 aliphatic rings. The molecule has 1 aromatic heterocycles. The number of amides is 2. The van der Waals surface area contributed by atoms with E-state index in [0.717, 1.165) is 11.1 Å². The Morgan fingerprint density at radius 3 is 2.14 bits per heavy atom. The summed E-state index contributed by atoms with van der Waals surface area (Å²) in [5.74, 6) is -0.584. The Kier molecular flexibility index (Phi) is 5.20. The van der Waals surface area contributed by atoms with E-state index in [2.05, 4.69) is 4.98 Å². The molecule has 5 heteroatoms. The molecule has 0 fully saturated rings. The molecule has 0 radical (unpaired) electrons. The lowest BCUT2D eigenvalue weighted by molar-refractivity contribution is -0.138. The zero-order valence-corrected chi connectivity index (χ0v) is 16.2. The molecule has 0 saturated heterocycles. The summed E-state index contributed by atoms with van der Waals surface area (Å²) in [7, 11) is 1.85. The van der Waals surface area contributed by atoms with Gasteiger partial charge < -0.3 is 4.90 Å². The van der Waals surface area contributed by atoms with Crippen molar-refractivity contribution >= 4 is 17.4 Å². The fraction of sp³-hybridized carbons (Fsp3) is 0.125. The SMILES string of the molecule is CN(Cc1ccccc1)C1=C(c2ccccc2)C(=O)N(Cc2ccccn2)C1=O. The van der Waals surface area contributed by atoms with Crippen molar-refractivity contribution in [1.82, 2.24) is 14.8 Å². The van der Waals surface area contributed by atoms with Gasteiger partial charge >= 0.3 is 0 Å². The van der Waals surface area contributed by atoms with Crippen LogP contribution in [0.15, 0.2) is 90.8 Å². The Balaban J connectivity index is 1.71. The van der Waals surface area contributed by atoms with Gasteiger partial charge in [0.1, 0.15) is 5.70 Å². The third-order valence-electron chi connectivity index (χ3n) is 4.90. The molecule has 0 saturated carbocycles. The first-order valence-electron chi connectivity index (χ1n) is 9.46. The third-order valence-corrected chi connectivity index (χ3v) is 4.90. The van der Waals surface area contributed by atoms with Crippen LogP contribution in [0.4, 0.5) is 0 Å². The number of nitrogens with zero attached hydrogens (tertiary/aromatic N) is 3. The number of hydrogen-bond acceptors (Lipinski definition) is 4. The summed E-state index contributed by atoms with van der Waals surface area (Å²) in [4.78, 5) is 34.0. The molecule has 0 N–H and O–H groups in total. The average Bonchev–Trinajstić information content (AvgIpc) is 3.00. The average molecular weight is 383 g/mol. The maximum atomic E-state index is 13.3. The van der Waals surface area contributed by atoms with Crippen molar-refractivity contribution in [2.75, 3.05) is 7.05 Å². The van der Waals surface area contributed by atoms with Crippen LogP contribution in [0.1, 0.15) is 16.8 Å². The molecular formula is C24H21N3O2. The summed E-state index contributed by atoms with van der Waals surface area (Å²) in [5, 5.41) is 0. The predicted molar refractivity (Wildman–Crippen MR) is 111 cm³/mol. The van der Waals surface area contributed by atoms with Gasteiger partial charge in [-0.2, -0.15) is 0 Å².